The van der Waals surface area contributed by atoms with Crippen molar-refractivity contribution in [2.75, 3.05) is 27.6 Å². The molecule has 0 aliphatic heterocycles. The average Bonchev–Trinajstić information content (AvgIpc) is 3.10. The van der Waals surface area contributed by atoms with Gasteiger partial charge in [-0.2, -0.15) is 0 Å². The summed E-state index contributed by atoms with van der Waals surface area (Å²) in [4.78, 5) is 16.3. The second kappa shape index (κ2) is 10.7. The molecule has 0 amide bonds. The monoisotopic (exact) mass is 428 g/mol. The van der Waals surface area contributed by atoms with E-state index < -0.39 is 0 Å². The van der Waals surface area contributed by atoms with Gasteiger partial charge < -0.3 is 28.3 Å². The van der Waals surface area contributed by atoms with Gasteiger partial charge in [-0.15, -0.1) is 0 Å². The van der Waals surface area contributed by atoms with Gasteiger partial charge in [-0.05, 0) is 37.1 Å². The zero-order chi connectivity index (χ0) is 22.2. The molecule has 1 aromatic heterocycles. The molecule has 0 saturated heterocycles. The standard InChI is InChI=1S/C23H28N2O6/c1-5-29-23(26)11-7-16-6-8-18(13-21(16)31-15-27-3)30-14-22-24-19-10-9-17(28-4)12-20(19)25(22)2/h6,8-10,12-13H,5,7,11,14-15H2,1-4H3. The van der Waals surface area contributed by atoms with Crippen LogP contribution >= 0.6 is 0 Å². The highest BCUT2D eigenvalue weighted by Crippen LogP contribution is 2.28. The van der Waals surface area contributed by atoms with Crippen LogP contribution in [0.15, 0.2) is 36.4 Å². The maximum Gasteiger partial charge on any atom is 0.306 e. The van der Waals surface area contributed by atoms with Crippen molar-refractivity contribution in [3.63, 3.8) is 0 Å². The molecule has 8 nitrogen and oxygen atoms in total. The number of rotatable bonds is 11. The fraction of sp³-hybridized carbons (Fsp3) is 0.391. The number of esters is 1. The van der Waals surface area contributed by atoms with Gasteiger partial charge in [0.05, 0.1) is 24.8 Å². The molecule has 0 fully saturated rings. The molecule has 0 aliphatic rings. The molecule has 3 rings (SSSR count). The highest BCUT2D eigenvalue weighted by atomic mass is 16.7. The van der Waals surface area contributed by atoms with Gasteiger partial charge in [0.25, 0.3) is 0 Å². The maximum absolute atomic E-state index is 11.7. The van der Waals surface area contributed by atoms with Crippen LogP contribution in [-0.2, 0) is 34.3 Å². The number of fused-ring (bicyclic) bond motifs is 1. The van der Waals surface area contributed by atoms with Crippen molar-refractivity contribution in [2.24, 2.45) is 7.05 Å². The fourth-order valence-corrected chi connectivity index (χ4v) is 3.18. The summed E-state index contributed by atoms with van der Waals surface area (Å²) >= 11 is 0. The van der Waals surface area contributed by atoms with Gasteiger partial charge in [-0.3, -0.25) is 4.79 Å². The van der Waals surface area contributed by atoms with Crippen LogP contribution in [0, 0.1) is 0 Å². The highest BCUT2D eigenvalue weighted by Gasteiger charge is 2.12. The molecule has 31 heavy (non-hydrogen) atoms. The van der Waals surface area contributed by atoms with Crippen LogP contribution < -0.4 is 14.2 Å². The quantitative estimate of drug-likeness (QED) is 0.341. The number of benzene rings is 2. The van der Waals surface area contributed by atoms with E-state index in [9.17, 15) is 4.79 Å². The number of aryl methyl sites for hydroxylation is 2. The van der Waals surface area contributed by atoms with Crippen molar-refractivity contribution in [3.05, 3.63) is 47.8 Å². The number of methoxy groups -OCH3 is 2. The summed E-state index contributed by atoms with van der Waals surface area (Å²) < 4.78 is 29.0. The molecule has 0 bridgehead atoms. The summed E-state index contributed by atoms with van der Waals surface area (Å²) in [6.07, 6.45) is 0.783. The molecule has 0 spiro atoms. The van der Waals surface area contributed by atoms with Crippen LogP contribution in [0.4, 0.5) is 0 Å². The lowest BCUT2D eigenvalue weighted by atomic mass is 10.1. The van der Waals surface area contributed by atoms with Gasteiger partial charge in [0.15, 0.2) is 6.79 Å². The van der Waals surface area contributed by atoms with E-state index in [0.717, 1.165) is 28.2 Å². The van der Waals surface area contributed by atoms with Crippen LogP contribution in [0.5, 0.6) is 17.2 Å². The number of nitrogens with zero attached hydrogens (tertiary/aromatic N) is 2. The predicted molar refractivity (Wildman–Crippen MR) is 115 cm³/mol. The van der Waals surface area contributed by atoms with Crippen LogP contribution in [-0.4, -0.2) is 43.1 Å². The fourth-order valence-electron chi connectivity index (χ4n) is 3.18. The van der Waals surface area contributed by atoms with E-state index in [2.05, 4.69) is 4.98 Å². The first-order chi connectivity index (χ1) is 15.0. The second-order valence-electron chi connectivity index (χ2n) is 6.86. The van der Waals surface area contributed by atoms with Gasteiger partial charge in [0, 0.05) is 32.7 Å². The van der Waals surface area contributed by atoms with Crippen LogP contribution in [0.3, 0.4) is 0 Å². The molecule has 3 aromatic rings. The summed E-state index contributed by atoms with van der Waals surface area (Å²) in [6, 6.07) is 11.3. The van der Waals surface area contributed by atoms with Crippen molar-refractivity contribution in [3.8, 4) is 17.2 Å². The van der Waals surface area contributed by atoms with Crippen molar-refractivity contribution in [2.45, 2.75) is 26.4 Å². The van der Waals surface area contributed by atoms with E-state index in [-0.39, 0.29) is 19.2 Å². The van der Waals surface area contributed by atoms with Gasteiger partial charge in [0.2, 0.25) is 0 Å². The number of carbonyl (C=O) groups is 1. The lowest BCUT2D eigenvalue weighted by Gasteiger charge is -2.13. The van der Waals surface area contributed by atoms with Gasteiger partial charge >= 0.3 is 5.97 Å². The molecule has 0 atom stereocenters. The summed E-state index contributed by atoms with van der Waals surface area (Å²) in [6.45, 7) is 2.55. The third kappa shape index (κ3) is 5.67. The predicted octanol–water partition coefficient (Wildman–Crippen LogP) is 3.64. The van der Waals surface area contributed by atoms with Crippen molar-refractivity contribution in [1.29, 1.82) is 0 Å². The Labute approximate surface area is 181 Å². The first-order valence-corrected chi connectivity index (χ1v) is 10.1. The lowest BCUT2D eigenvalue weighted by Crippen LogP contribution is -2.08. The Kier molecular flexibility index (Phi) is 7.72. The molecule has 0 aliphatic carbocycles. The highest BCUT2D eigenvalue weighted by molar-refractivity contribution is 5.77. The largest absolute Gasteiger partial charge is 0.497 e. The normalized spacial score (nSPS) is 10.8. The molecular formula is C23H28N2O6. The smallest absolute Gasteiger partial charge is 0.306 e. The SMILES string of the molecule is CCOC(=O)CCc1ccc(OCc2nc3ccc(OC)cc3n2C)cc1OCOC. The third-order valence-electron chi connectivity index (χ3n) is 4.82. The van der Waals surface area contributed by atoms with E-state index >= 15 is 0 Å². The van der Waals surface area contributed by atoms with E-state index in [4.69, 9.17) is 23.7 Å². The van der Waals surface area contributed by atoms with E-state index in [1.165, 1.54) is 0 Å². The topological polar surface area (TPSA) is 81.0 Å². The molecule has 0 saturated carbocycles. The minimum Gasteiger partial charge on any atom is -0.497 e. The maximum atomic E-state index is 11.7. The Morgan fingerprint density at radius 3 is 2.61 bits per heavy atom. The van der Waals surface area contributed by atoms with Gasteiger partial charge in [-0.1, -0.05) is 6.07 Å². The number of hydrogen-bond acceptors (Lipinski definition) is 7. The number of carbonyl (C=O) groups excluding carboxylic acids is 1. The Balaban J connectivity index is 1.73. The van der Waals surface area contributed by atoms with Crippen LogP contribution in [0.2, 0.25) is 0 Å². The Morgan fingerprint density at radius 2 is 1.87 bits per heavy atom. The number of hydrogen-bond donors (Lipinski definition) is 0. The number of ether oxygens (including phenoxy) is 5. The minimum atomic E-state index is -0.237. The van der Waals surface area contributed by atoms with Gasteiger partial charge in [0.1, 0.15) is 29.7 Å². The third-order valence-corrected chi connectivity index (χ3v) is 4.82. The molecule has 0 unspecified atom stereocenters. The molecular weight excluding hydrogens is 400 g/mol. The Hall–Kier alpha value is -3.26. The minimum absolute atomic E-state index is 0.0997. The number of aromatic nitrogens is 2. The van der Waals surface area contributed by atoms with Crippen molar-refractivity contribution >= 4 is 17.0 Å². The number of imidazole rings is 1. The zero-order valence-corrected chi connectivity index (χ0v) is 18.3. The van der Waals surface area contributed by atoms with E-state index in [0.29, 0.717) is 31.1 Å². The Morgan fingerprint density at radius 1 is 1.06 bits per heavy atom. The van der Waals surface area contributed by atoms with Gasteiger partial charge in [-0.25, -0.2) is 4.98 Å². The molecule has 2 aromatic carbocycles. The van der Waals surface area contributed by atoms with Crippen molar-refractivity contribution < 1.29 is 28.5 Å². The molecule has 1 heterocycles. The summed E-state index contributed by atoms with van der Waals surface area (Å²) in [5.74, 6) is 2.57. The van der Waals surface area contributed by atoms with E-state index in [1.54, 1.807) is 27.2 Å². The van der Waals surface area contributed by atoms with Crippen LogP contribution in [0.1, 0.15) is 24.7 Å². The van der Waals surface area contributed by atoms with Crippen molar-refractivity contribution in [1.82, 2.24) is 9.55 Å². The first-order valence-electron chi connectivity index (χ1n) is 10.1. The molecule has 0 N–H and O–H groups in total. The van der Waals surface area contributed by atoms with E-state index in [1.807, 2.05) is 41.9 Å². The molecule has 166 valence electrons. The molecule has 8 heteroatoms. The first kappa shape index (κ1) is 22.4. The summed E-state index contributed by atoms with van der Waals surface area (Å²) in [7, 11) is 5.14. The zero-order valence-electron chi connectivity index (χ0n) is 18.3. The lowest BCUT2D eigenvalue weighted by molar-refractivity contribution is -0.143. The summed E-state index contributed by atoms with van der Waals surface area (Å²) in [5.41, 5.74) is 2.73. The molecule has 0 radical (unpaired) electrons. The Bertz CT molecular complexity index is 1030. The average molecular weight is 428 g/mol. The second-order valence-corrected chi connectivity index (χ2v) is 6.86. The summed E-state index contributed by atoms with van der Waals surface area (Å²) in [5, 5.41) is 0. The van der Waals surface area contributed by atoms with Crippen LogP contribution in [0.25, 0.3) is 11.0 Å².